The van der Waals surface area contributed by atoms with Crippen LogP contribution in [0.15, 0.2) is 0 Å². The van der Waals surface area contributed by atoms with Crippen LogP contribution in [0, 0.1) is 11.8 Å². The molecule has 0 aliphatic heterocycles. The molecule has 0 unspecified atom stereocenters. The molecular formula is C17H33N3Na2O6. The summed E-state index contributed by atoms with van der Waals surface area (Å²) in [6.07, 6.45) is 0.322. The number of carbonyl (C=O) groups is 4. The Kier molecular flexibility index (Phi) is 19.8. The van der Waals surface area contributed by atoms with Crippen molar-refractivity contribution in [2.45, 2.75) is 71.5 Å². The van der Waals surface area contributed by atoms with Gasteiger partial charge in [-0.25, -0.2) is 14.4 Å². The molecule has 0 aromatic carbocycles. The maximum absolute atomic E-state index is 11.7. The van der Waals surface area contributed by atoms with Crippen LogP contribution in [0.3, 0.4) is 0 Å². The maximum atomic E-state index is 11.7. The molecule has 0 aromatic rings. The van der Waals surface area contributed by atoms with Crippen molar-refractivity contribution < 1.29 is 28.7 Å². The molecule has 0 fully saturated rings. The topological polar surface area (TPSA) is 165 Å². The van der Waals surface area contributed by atoms with Gasteiger partial charge in [0.15, 0.2) is 0 Å². The monoisotopic (exact) mass is 421 g/mol. The summed E-state index contributed by atoms with van der Waals surface area (Å²) in [5.41, 5.74) is 16.8. The van der Waals surface area contributed by atoms with Gasteiger partial charge in [0.05, 0.1) is 0 Å². The second-order valence-electron chi connectivity index (χ2n) is 7.15. The zero-order chi connectivity index (χ0) is 20.4. The molecule has 28 heavy (non-hydrogen) atoms. The molecule has 0 aliphatic rings. The molecule has 0 aromatic heterocycles. The van der Waals surface area contributed by atoms with Gasteiger partial charge in [0.1, 0.15) is 18.1 Å². The van der Waals surface area contributed by atoms with Crippen LogP contribution in [0.4, 0.5) is 0 Å². The fourth-order valence-corrected chi connectivity index (χ4v) is 2.09. The van der Waals surface area contributed by atoms with Crippen LogP contribution in [-0.4, -0.2) is 101 Å². The van der Waals surface area contributed by atoms with E-state index in [2.05, 4.69) is 9.47 Å². The van der Waals surface area contributed by atoms with Gasteiger partial charge in [0.25, 0.3) is 0 Å². The Hall–Kier alpha value is 0.160. The predicted molar refractivity (Wildman–Crippen MR) is 109 cm³/mol. The van der Waals surface area contributed by atoms with Gasteiger partial charge < -0.3 is 26.7 Å². The zero-order valence-corrected chi connectivity index (χ0v) is 15.9. The van der Waals surface area contributed by atoms with E-state index in [0.29, 0.717) is 12.8 Å². The summed E-state index contributed by atoms with van der Waals surface area (Å²) in [6.45, 7) is 7.52. The van der Waals surface area contributed by atoms with Crippen molar-refractivity contribution in [1.82, 2.24) is 0 Å². The predicted octanol–water partition coefficient (Wildman–Crippen LogP) is -1.32. The normalized spacial score (nSPS) is 13.6. The molecule has 9 nitrogen and oxygen atoms in total. The molecule has 11 heteroatoms. The molecule has 0 radical (unpaired) electrons. The number of hydrogen-bond acceptors (Lipinski definition) is 9. The first-order valence-corrected chi connectivity index (χ1v) is 8.70. The van der Waals surface area contributed by atoms with Gasteiger partial charge in [0, 0.05) is 6.42 Å². The summed E-state index contributed by atoms with van der Waals surface area (Å²) < 4.78 is 9.21. The Morgan fingerprint density at radius 3 is 1.43 bits per heavy atom. The first-order chi connectivity index (χ1) is 11.9. The van der Waals surface area contributed by atoms with E-state index in [1.165, 1.54) is 0 Å². The van der Waals surface area contributed by atoms with Crippen LogP contribution in [0.25, 0.3) is 0 Å². The average molecular weight is 421 g/mol. The zero-order valence-electron chi connectivity index (χ0n) is 15.9. The van der Waals surface area contributed by atoms with Crippen molar-refractivity contribution in [3.63, 3.8) is 0 Å². The summed E-state index contributed by atoms with van der Waals surface area (Å²) in [5.74, 6) is -3.18. The molecule has 0 saturated heterocycles. The van der Waals surface area contributed by atoms with E-state index in [1.54, 1.807) is 0 Å². The molecule has 0 saturated carbocycles. The summed E-state index contributed by atoms with van der Waals surface area (Å²) in [6, 6.07) is -3.02. The van der Waals surface area contributed by atoms with Crippen molar-refractivity contribution in [2.75, 3.05) is 0 Å². The Labute approximate surface area is 210 Å². The van der Waals surface area contributed by atoms with E-state index in [1.807, 2.05) is 27.7 Å². The minimum absolute atomic E-state index is 0. The Bertz CT molecular complexity index is 517. The van der Waals surface area contributed by atoms with Crippen molar-refractivity contribution >= 4 is 83.0 Å². The second-order valence-corrected chi connectivity index (χ2v) is 7.15. The molecule has 0 heterocycles. The van der Waals surface area contributed by atoms with Crippen LogP contribution in [0.5, 0.6) is 0 Å². The molecule has 0 spiro atoms. The molecule has 6 N–H and O–H groups in total. The number of carbonyl (C=O) groups excluding carboxylic acids is 4. The van der Waals surface area contributed by atoms with Gasteiger partial charge in [-0.2, -0.15) is 0 Å². The van der Waals surface area contributed by atoms with Crippen LogP contribution in [0.1, 0.15) is 53.4 Å². The molecule has 0 rings (SSSR count). The fraction of sp³-hybridized carbons (Fsp3) is 0.765. The van der Waals surface area contributed by atoms with E-state index in [9.17, 15) is 19.2 Å². The van der Waals surface area contributed by atoms with E-state index in [0.717, 1.165) is 0 Å². The van der Waals surface area contributed by atoms with E-state index in [4.69, 9.17) is 17.2 Å². The molecule has 154 valence electrons. The third-order valence-electron chi connectivity index (χ3n) is 3.43. The Morgan fingerprint density at radius 2 is 1.04 bits per heavy atom. The summed E-state index contributed by atoms with van der Waals surface area (Å²) in [7, 11) is 0. The summed E-state index contributed by atoms with van der Waals surface area (Å²) >= 11 is 0. The van der Waals surface area contributed by atoms with E-state index >= 15 is 0 Å². The van der Waals surface area contributed by atoms with Crippen molar-refractivity contribution in [1.29, 1.82) is 0 Å². The van der Waals surface area contributed by atoms with Gasteiger partial charge in [-0.15, -0.1) is 0 Å². The van der Waals surface area contributed by atoms with E-state index < -0.39 is 42.0 Å². The average Bonchev–Trinajstić information content (AvgIpc) is 2.50. The van der Waals surface area contributed by atoms with Gasteiger partial charge >= 0.3 is 83.0 Å². The number of nitrogens with two attached hydrogens (primary N) is 3. The summed E-state index contributed by atoms with van der Waals surface area (Å²) in [5, 5.41) is 0. The number of esters is 4. The quantitative estimate of drug-likeness (QED) is 0.220. The van der Waals surface area contributed by atoms with Crippen LogP contribution >= 0.6 is 0 Å². The first kappa shape index (κ1) is 32.8. The molecule has 0 bridgehead atoms. The number of rotatable bonds is 10. The third kappa shape index (κ3) is 15.1. The van der Waals surface area contributed by atoms with Crippen LogP contribution in [0.2, 0.25) is 0 Å². The number of ether oxygens (including phenoxy) is 2. The molecular weight excluding hydrogens is 388 g/mol. The molecule has 0 amide bonds. The van der Waals surface area contributed by atoms with E-state index in [-0.39, 0.29) is 83.8 Å². The van der Waals surface area contributed by atoms with Gasteiger partial charge in [-0.1, -0.05) is 27.7 Å². The summed E-state index contributed by atoms with van der Waals surface area (Å²) in [4.78, 5) is 46.7. The standard InChI is InChI=1S/C17H31N3O6.2Na.2H/c1-9(2)7-12(19)16(23)25-14(21)6-5-11(18)15(22)26-17(24)13(20)8-10(3)4;;;;/h9-13H,5-8,18-20H2,1-4H3;;;;/t11-,12-,13-;;;;/m0..../s1. The molecule has 0 aliphatic carbocycles. The van der Waals surface area contributed by atoms with Gasteiger partial charge in [-0.05, 0) is 31.1 Å². The Balaban J connectivity index is -0.00000312. The SMILES string of the molecule is CC(C)C[C@H](N)C(=O)OC(=O)CC[C@H](N)C(=O)OC(=O)[C@@H](N)CC(C)C.[NaH].[NaH]. The first-order valence-electron chi connectivity index (χ1n) is 8.70. The van der Waals surface area contributed by atoms with Crippen LogP contribution < -0.4 is 17.2 Å². The third-order valence-corrected chi connectivity index (χ3v) is 3.43. The molecule has 3 atom stereocenters. The van der Waals surface area contributed by atoms with Gasteiger partial charge in [-0.3, -0.25) is 4.79 Å². The van der Waals surface area contributed by atoms with Gasteiger partial charge in [0.2, 0.25) is 0 Å². The van der Waals surface area contributed by atoms with Crippen molar-refractivity contribution in [2.24, 2.45) is 29.0 Å². The van der Waals surface area contributed by atoms with Crippen LogP contribution in [-0.2, 0) is 28.7 Å². The van der Waals surface area contributed by atoms with Crippen molar-refractivity contribution in [3.05, 3.63) is 0 Å². The number of hydrogen-bond donors (Lipinski definition) is 3. The fourth-order valence-electron chi connectivity index (χ4n) is 2.09. The minimum atomic E-state index is -1.21. The second kappa shape index (κ2) is 16.9. The Morgan fingerprint density at radius 1 is 0.679 bits per heavy atom. The van der Waals surface area contributed by atoms with Crippen molar-refractivity contribution in [3.8, 4) is 0 Å².